The predicted molar refractivity (Wildman–Crippen MR) is 80.9 cm³/mol. The predicted octanol–water partition coefficient (Wildman–Crippen LogP) is 1.17. The van der Waals surface area contributed by atoms with Crippen LogP contribution >= 0.6 is 11.3 Å². The van der Waals surface area contributed by atoms with Crippen LogP contribution in [0.1, 0.15) is 19.5 Å². The number of likely N-dealkylation sites (tertiary alicyclic amines) is 1. The number of fused-ring (bicyclic) bond motifs is 1. The smallest absolute Gasteiger partial charge is 0.225 e. The number of rotatable bonds is 4. The second-order valence-electron chi connectivity index (χ2n) is 5.76. The van der Waals surface area contributed by atoms with Gasteiger partial charge in [-0.05, 0) is 31.8 Å². The van der Waals surface area contributed by atoms with Gasteiger partial charge in [0, 0.05) is 38.5 Å². The van der Waals surface area contributed by atoms with Crippen molar-refractivity contribution in [3.63, 3.8) is 0 Å². The maximum absolute atomic E-state index is 11.5. The summed E-state index contributed by atoms with van der Waals surface area (Å²) in [5.41, 5.74) is 1.10. The number of thiazole rings is 1. The zero-order valence-corrected chi connectivity index (χ0v) is 12.9. The maximum atomic E-state index is 11.5. The third-order valence-electron chi connectivity index (χ3n) is 4.32. The molecule has 2 fully saturated rings. The average Bonchev–Trinajstić information content (AvgIpc) is 3.06. The van der Waals surface area contributed by atoms with Gasteiger partial charge in [-0.3, -0.25) is 14.6 Å². The number of carbonyl (C=O) groups is 1. The number of nitrogens with one attached hydrogen (secondary N) is 1. The Hall–Kier alpha value is -0.980. The van der Waals surface area contributed by atoms with Crippen molar-refractivity contribution in [2.75, 3.05) is 37.6 Å². The quantitative estimate of drug-likeness (QED) is 0.905. The summed E-state index contributed by atoms with van der Waals surface area (Å²) in [7, 11) is 0. The first-order valence-electron chi connectivity index (χ1n) is 7.33. The molecule has 0 bridgehead atoms. The van der Waals surface area contributed by atoms with E-state index in [4.69, 9.17) is 0 Å². The average molecular weight is 294 g/mol. The van der Waals surface area contributed by atoms with E-state index in [1.807, 2.05) is 6.92 Å². The van der Waals surface area contributed by atoms with E-state index in [1.165, 1.54) is 13.1 Å². The van der Waals surface area contributed by atoms with Crippen LogP contribution in [0.5, 0.6) is 0 Å². The van der Waals surface area contributed by atoms with E-state index in [9.17, 15) is 4.79 Å². The van der Waals surface area contributed by atoms with Crippen molar-refractivity contribution in [1.29, 1.82) is 0 Å². The molecule has 2 aliphatic rings. The van der Waals surface area contributed by atoms with E-state index in [0.717, 1.165) is 42.3 Å². The SMILES string of the molecule is CCN(C(C)=O)c1nc(CN2C[C@H]3CNC[C@H]3C2)cs1. The molecular formula is C14H22N4OS. The molecular weight excluding hydrogens is 272 g/mol. The van der Waals surface area contributed by atoms with E-state index in [-0.39, 0.29) is 5.91 Å². The van der Waals surface area contributed by atoms with Crippen LogP contribution in [-0.2, 0) is 11.3 Å². The van der Waals surface area contributed by atoms with Gasteiger partial charge in [0.1, 0.15) is 0 Å². The molecule has 0 radical (unpaired) electrons. The zero-order valence-electron chi connectivity index (χ0n) is 12.1. The molecule has 0 saturated carbocycles. The summed E-state index contributed by atoms with van der Waals surface area (Å²) in [5.74, 6) is 1.70. The van der Waals surface area contributed by atoms with Crippen molar-refractivity contribution in [3.05, 3.63) is 11.1 Å². The summed E-state index contributed by atoms with van der Waals surface area (Å²) in [6.45, 7) is 9.86. The Bertz CT molecular complexity index is 477. The Balaban J connectivity index is 1.61. The van der Waals surface area contributed by atoms with Gasteiger partial charge < -0.3 is 5.32 Å². The third kappa shape index (κ3) is 2.73. The molecule has 110 valence electrons. The molecule has 1 N–H and O–H groups in total. The molecule has 1 aromatic heterocycles. The standard InChI is InChI=1S/C14H22N4OS/c1-3-18(10(2)19)14-16-13(9-20-14)8-17-6-11-4-15-5-12(11)7-17/h9,11-12,15H,3-8H2,1-2H3/t11-,12+. The highest BCUT2D eigenvalue weighted by molar-refractivity contribution is 7.14. The minimum absolute atomic E-state index is 0.0650. The summed E-state index contributed by atoms with van der Waals surface area (Å²) < 4.78 is 0. The number of carbonyl (C=O) groups excluding carboxylic acids is 1. The summed E-state index contributed by atoms with van der Waals surface area (Å²) in [6, 6.07) is 0. The number of hydrogen-bond acceptors (Lipinski definition) is 5. The molecule has 5 nitrogen and oxygen atoms in total. The lowest BCUT2D eigenvalue weighted by molar-refractivity contribution is -0.116. The minimum atomic E-state index is 0.0650. The fourth-order valence-electron chi connectivity index (χ4n) is 3.30. The van der Waals surface area contributed by atoms with E-state index in [0.29, 0.717) is 6.54 Å². The molecule has 6 heteroatoms. The number of aromatic nitrogens is 1. The zero-order chi connectivity index (χ0) is 14.1. The molecule has 2 aliphatic heterocycles. The van der Waals surface area contributed by atoms with Gasteiger partial charge in [0.05, 0.1) is 5.69 Å². The van der Waals surface area contributed by atoms with Crippen molar-refractivity contribution in [2.45, 2.75) is 20.4 Å². The fourth-order valence-corrected chi connectivity index (χ4v) is 4.22. The lowest BCUT2D eigenvalue weighted by Gasteiger charge is -2.16. The molecule has 2 atom stereocenters. The number of hydrogen-bond donors (Lipinski definition) is 1. The number of anilines is 1. The highest BCUT2D eigenvalue weighted by atomic mass is 32.1. The van der Waals surface area contributed by atoms with Gasteiger partial charge in [-0.25, -0.2) is 4.98 Å². The minimum Gasteiger partial charge on any atom is -0.316 e. The van der Waals surface area contributed by atoms with E-state index < -0.39 is 0 Å². The van der Waals surface area contributed by atoms with Crippen LogP contribution in [0.3, 0.4) is 0 Å². The van der Waals surface area contributed by atoms with Crippen LogP contribution < -0.4 is 10.2 Å². The van der Waals surface area contributed by atoms with Crippen molar-refractivity contribution in [2.24, 2.45) is 11.8 Å². The van der Waals surface area contributed by atoms with Crippen molar-refractivity contribution < 1.29 is 4.79 Å². The largest absolute Gasteiger partial charge is 0.316 e. The number of amides is 1. The van der Waals surface area contributed by atoms with Crippen molar-refractivity contribution in [3.8, 4) is 0 Å². The maximum Gasteiger partial charge on any atom is 0.225 e. The van der Waals surface area contributed by atoms with Crippen LogP contribution in [-0.4, -0.2) is 48.5 Å². The van der Waals surface area contributed by atoms with Gasteiger partial charge in [0.25, 0.3) is 0 Å². The Morgan fingerprint density at radius 2 is 2.20 bits per heavy atom. The van der Waals surface area contributed by atoms with Crippen molar-refractivity contribution in [1.82, 2.24) is 15.2 Å². The first-order valence-corrected chi connectivity index (χ1v) is 8.21. The van der Waals surface area contributed by atoms with Crippen LogP contribution in [0.15, 0.2) is 5.38 Å². The van der Waals surface area contributed by atoms with Gasteiger partial charge in [-0.2, -0.15) is 0 Å². The highest BCUT2D eigenvalue weighted by Crippen LogP contribution is 2.28. The van der Waals surface area contributed by atoms with Gasteiger partial charge in [-0.1, -0.05) is 0 Å². The molecule has 1 aromatic rings. The van der Waals surface area contributed by atoms with Crippen LogP contribution in [0.25, 0.3) is 0 Å². The first-order chi connectivity index (χ1) is 9.67. The van der Waals surface area contributed by atoms with Gasteiger partial charge >= 0.3 is 0 Å². The van der Waals surface area contributed by atoms with E-state index >= 15 is 0 Å². The topological polar surface area (TPSA) is 48.5 Å². The molecule has 0 unspecified atom stereocenters. The Kier molecular flexibility index (Phi) is 4.05. The Labute approximate surface area is 124 Å². The van der Waals surface area contributed by atoms with Gasteiger partial charge in [0.2, 0.25) is 5.91 Å². The van der Waals surface area contributed by atoms with Gasteiger partial charge in [-0.15, -0.1) is 11.3 Å². The monoisotopic (exact) mass is 294 g/mol. The fraction of sp³-hybridized carbons (Fsp3) is 0.714. The van der Waals surface area contributed by atoms with Crippen molar-refractivity contribution >= 4 is 22.4 Å². The normalized spacial score (nSPS) is 25.9. The number of nitrogens with zero attached hydrogens (tertiary/aromatic N) is 3. The Morgan fingerprint density at radius 1 is 1.50 bits per heavy atom. The molecule has 3 rings (SSSR count). The summed E-state index contributed by atoms with van der Waals surface area (Å²) >= 11 is 1.57. The van der Waals surface area contributed by atoms with E-state index in [1.54, 1.807) is 23.2 Å². The van der Waals surface area contributed by atoms with Crippen LogP contribution in [0, 0.1) is 11.8 Å². The van der Waals surface area contributed by atoms with Crippen LogP contribution in [0.2, 0.25) is 0 Å². The molecule has 20 heavy (non-hydrogen) atoms. The summed E-state index contributed by atoms with van der Waals surface area (Å²) in [5, 5.41) is 6.38. The lowest BCUT2D eigenvalue weighted by atomic mass is 10.0. The first kappa shape index (κ1) is 14.0. The third-order valence-corrected chi connectivity index (χ3v) is 5.23. The summed E-state index contributed by atoms with van der Waals surface area (Å²) in [4.78, 5) is 20.4. The second kappa shape index (κ2) is 5.79. The molecule has 0 spiro atoms. The van der Waals surface area contributed by atoms with Crippen LogP contribution in [0.4, 0.5) is 5.13 Å². The molecule has 1 amide bonds. The van der Waals surface area contributed by atoms with Gasteiger partial charge in [0.15, 0.2) is 5.13 Å². The highest BCUT2D eigenvalue weighted by Gasteiger charge is 2.36. The Morgan fingerprint density at radius 3 is 2.80 bits per heavy atom. The molecule has 0 aliphatic carbocycles. The molecule has 3 heterocycles. The lowest BCUT2D eigenvalue weighted by Crippen LogP contribution is -2.28. The second-order valence-corrected chi connectivity index (χ2v) is 6.59. The molecule has 2 saturated heterocycles. The van der Waals surface area contributed by atoms with E-state index in [2.05, 4.69) is 20.6 Å². The molecule has 0 aromatic carbocycles. The summed E-state index contributed by atoms with van der Waals surface area (Å²) in [6.07, 6.45) is 0.